The van der Waals surface area contributed by atoms with Gasteiger partial charge in [-0.05, 0) is 26.3 Å². The second-order valence-corrected chi connectivity index (χ2v) is 6.69. The summed E-state index contributed by atoms with van der Waals surface area (Å²) in [6, 6.07) is 10.4. The van der Waals surface area contributed by atoms with E-state index in [0.29, 0.717) is 0 Å². The summed E-state index contributed by atoms with van der Waals surface area (Å²) < 4.78 is 11.9. The molecule has 27 heavy (non-hydrogen) atoms. The molecule has 0 aliphatic heterocycles. The molecule has 1 aromatic carbocycles. The molecule has 0 atom stereocenters. The standard InChI is InChI=1S/C19H23N3O5/c1-19(2,3)27-18(25)21-22-11-10-14(23)16(15(22)17(24)20-4)26-12-13-8-6-5-7-9-13/h5-11H,12H2,1-4H3,(H,20,24)(H,21,25). The lowest BCUT2D eigenvalue weighted by Crippen LogP contribution is -2.36. The number of pyridine rings is 1. The Kier molecular flexibility index (Phi) is 6.23. The first-order valence-corrected chi connectivity index (χ1v) is 8.36. The monoisotopic (exact) mass is 373 g/mol. The minimum atomic E-state index is -0.773. The van der Waals surface area contributed by atoms with Gasteiger partial charge in [-0.25, -0.2) is 14.9 Å². The molecule has 8 nitrogen and oxygen atoms in total. The molecule has 2 aromatic rings. The first-order valence-electron chi connectivity index (χ1n) is 8.36. The van der Waals surface area contributed by atoms with Crippen molar-refractivity contribution in [2.75, 3.05) is 12.5 Å². The highest BCUT2D eigenvalue weighted by molar-refractivity contribution is 5.95. The van der Waals surface area contributed by atoms with E-state index < -0.39 is 23.0 Å². The molecular formula is C19H23N3O5. The van der Waals surface area contributed by atoms with Gasteiger partial charge in [0.1, 0.15) is 12.2 Å². The highest BCUT2D eigenvalue weighted by atomic mass is 16.6. The first-order chi connectivity index (χ1) is 12.7. The highest BCUT2D eigenvalue weighted by Gasteiger charge is 2.22. The van der Waals surface area contributed by atoms with Crippen molar-refractivity contribution in [1.82, 2.24) is 9.99 Å². The van der Waals surface area contributed by atoms with Crippen LogP contribution in [0.5, 0.6) is 5.75 Å². The van der Waals surface area contributed by atoms with Crippen LogP contribution in [0.2, 0.25) is 0 Å². The predicted molar refractivity (Wildman–Crippen MR) is 100 cm³/mol. The number of rotatable bonds is 5. The Morgan fingerprint density at radius 3 is 2.37 bits per heavy atom. The Bertz CT molecular complexity index is 869. The zero-order valence-corrected chi connectivity index (χ0v) is 15.7. The SMILES string of the molecule is CNC(=O)c1c(OCc2ccccc2)c(=O)ccn1NC(=O)OC(C)(C)C. The maximum Gasteiger partial charge on any atom is 0.426 e. The summed E-state index contributed by atoms with van der Waals surface area (Å²) in [5, 5.41) is 2.44. The molecule has 2 amide bonds. The van der Waals surface area contributed by atoms with Gasteiger partial charge in [0.15, 0.2) is 11.4 Å². The average molecular weight is 373 g/mol. The number of amides is 2. The topological polar surface area (TPSA) is 98.7 Å². The van der Waals surface area contributed by atoms with E-state index in [2.05, 4.69) is 10.7 Å². The third kappa shape index (κ3) is 5.60. The second kappa shape index (κ2) is 8.39. The van der Waals surface area contributed by atoms with Gasteiger partial charge in [0.2, 0.25) is 5.43 Å². The largest absolute Gasteiger partial charge is 0.482 e. The number of carbonyl (C=O) groups is 2. The van der Waals surface area contributed by atoms with E-state index in [1.165, 1.54) is 19.3 Å². The van der Waals surface area contributed by atoms with Crippen molar-refractivity contribution in [2.45, 2.75) is 33.0 Å². The molecule has 1 heterocycles. The molecule has 0 aliphatic carbocycles. The number of hydrogen-bond acceptors (Lipinski definition) is 5. The number of ether oxygens (including phenoxy) is 2. The molecule has 0 saturated carbocycles. The second-order valence-electron chi connectivity index (χ2n) is 6.69. The molecule has 144 valence electrons. The molecule has 1 aromatic heterocycles. The molecule has 8 heteroatoms. The van der Waals surface area contributed by atoms with Crippen LogP contribution in [0.1, 0.15) is 36.8 Å². The molecule has 0 fully saturated rings. The summed E-state index contributed by atoms with van der Waals surface area (Å²) in [5.41, 5.74) is 1.92. The number of hydrogen-bond donors (Lipinski definition) is 2. The van der Waals surface area contributed by atoms with E-state index in [1.807, 2.05) is 30.3 Å². The number of benzene rings is 1. The van der Waals surface area contributed by atoms with Crippen LogP contribution in [0, 0.1) is 0 Å². The quantitative estimate of drug-likeness (QED) is 0.838. The molecule has 0 bridgehead atoms. The Labute approximate surface area is 157 Å². The van der Waals surface area contributed by atoms with E-state index in [9.17, 15) is 14.4 Å². The maximum atomic E-state index is 12.3. The van der Waals surface area contributed by atoms with Gasteiger partial charge in [0.05, 0.1) is 0 Å². The van der Waals surface area contributed by atoms with E-state index in [0.717, 1.165) is 10.2 Å². The van der Waals surface area contributed by atoms with Crippen molar-refractivity contribution in [1.29, 1.82) is 0 Å². The molecule has 0 unspecified atom stereocenters. The van der Waals surface area contributed by atoms with Crippen molar-refractivity contribution in [3.8, 4) is 5.75 Å². The normalized spacial score (nSPS) is 10.8. The fraction of sp³-hybridized carbons (Fsp3) is 0.316. The third-order valence-corrected chi connectivity index (χ3v) is 3.33. The van der Waals surface area contributed by atoms with Gasteiger partial charge in [-0.2, -0.15) is 0 Å². The third-order valence-electron chi connectivity index (χ3n) is 3.33. The summed E-state index contributed by atoms with van der Waals surface area (Å²) in [5.74, 6) is -0.761. The number of aromatic nitrogens is 1. The van der Waals surface area contributed by atoms with Crippen LogP contribution in [0.3, 0.4) is 0 Å². The van der Waals surface area contributed by atoms with Crippen molar-refractivity contribution in [2.24, 2.45) is 0 Å². The van der Waals surface area contributed by atoms with Crippen LogP contribution < -0.4 is 20.9 Å². The number of carbonyl (C=O) groups excluding carboxylic acids is 2. The van der Waals surface area contributed by atoms with Gasteiger partial charge in [0, 0.05) is 19.3 Å². The zero-order valence-electron chi connectivity index (χ0n) is 15.7. The molecule has 0 spiro atoms. The molecule has 2 N–H and O–H groups in total. The molecule has 2 rings (SSSR count). The molecule has 0 radical (unpaired) electrons. The predicted octanol–water partition coefficient (Wildman–Crippen LogP) is 2.27. The number of nitrogens with one attached hydrogen (secondary N) is 2. The Morgan fingerprint density at radius 2 is 1.78 bits per heavy atom. The van der Waals surface area contributed by atoms with E-state index >= 15 is 0 Å². The van der Waals surface area contributed by atoms with Crippen molar-refractivity contribution >= 4 is 12.0 Å². The van der Waals surface area contributed by atoms with E-state index in [-0.39, 0.29) is 18.1 Å². The van der Waals surface area contributed by atoms with Gasteiger partial charge >= 0.3 is 6.09 Å². The lowest BCUT2D eigenvalue weighted by molar-refractivity contribution is 0.0612. The van der Waals surface area contributed by atoms with Gasteiger partial charge in [-0.1, -0.05) is 30.3 Å². The summed E-state index contributed by atoms with van der Waals surface area (Å²) >= 11 is 0. The Morgan fingerprint density at radius 1 is 1.11 bits per heavy atom. The molecule has 0 aliphatic rings. The summed E-state index contributed by atoms with van der Waals surface area (Å²) in [7, 11) is 1.42. The first kappa shape index (κ1) is 20.0. The Hall–Kier alpha value is -3.29. The van der Waals surface area contributed by atoms with Crippen LogP contribution in [0.25, 0.3) is 0 Å². The number of nitrogens with zero attached hydrogens (tertiary/aromatic N) is 1. The summed E-state index contributed by atoms with van der Waals surface area (Å²) in [6.45, 7) is 5.24. The minimum Gasteiger partial charge on any atom is -0.482 e. The fourth-order valence-corrected chi connectivity index (χ4v) is 2.21. The van der Waals surface area contributed by atoms with Crippen molar-refractivity contribution in [3.05, 3.63) is 64.1 Å². The molecular weight excluding hydrogens is 350 g/mol. The fourth-order valence-electron chi connectivity index (χ4n) is 2.21. The van der Waals surface area contributed by atoms with Crippen LogP contribution in [-0.4, -0.2) is 29.3 Å². The lowest BCUT2D eigenvalue weighted by Gasteiger charge is -2.22. The zero-order chi connectivity index (χ0) is 20.0. The van der Waals surface area contributed by atoms with Crippen LogP contribution in [-0.2, 0) is 11.3 Å². The van der Waals surface area contributed by atoms with E-state index in [4.69, 9.17) is 9.47 Å². The van der Waals surface area contributed by atoms with E-state index in [1.54, 1.807) is 20.8 Å². The van der Waals surface area contributed by atoms with Gasteiger partial charge in [-0.3, -0.25) is 9.59 Å². The molecule has 0 saturated heterocycles. The van der Waals surface area contributed by atoms with Gasteiger partial charge in [0.25, 0.3) is 5.91 Å². The Balaban J connectivity index is 2.35. The van der Waals surface area contributed by atoms with Crippen LogP contribution >= 0.6 is 0 Å². The summed E-state index contributed by atoms with van der Waals surface area (Å²) in [4.78, 5) is 36.7. The maximum absolute atomic E-state index is 12.3. The van der Waals surface area contributed by atoms with Crippen LogP contribution in [0.15, 0.2) is 47.4 Å². The highest BCUT2D eigenvalue weighted by Crippen LogP contribution is 2.15. The van der Waals surface area contributed by atoms with Crippen molar-refractivity contribution < 1.29 is 19.1 Å². The lowest BCUT2D eigenvalue weighted by atomic mass is 10.2. The summed E-state index contributed by atoms with van der Waals surface area (Å²) in [6.07, 6.45) is 0.497. The van der Waals surface area contributed by atoms with Gasteiger partial charge in [-0.15, -0.1) is 0 Å². The minimum absolute atomic E-state index is 0.0938. The van der Waals surface area contributed by atoms with Gasteiger partial charge < -0.3 is 14.8 Å². The van der Waals surface area contributed by atoms with Crippen molar-refractivity contribution in [3.63, 3.8) is 0 Å². The average Bonchev–Trinajstić information content (AvgIpc) is 2.60. The van der Waals surface area contributed by atoms with Crippen LogP contribution in [0.4, 0.5) is 4.79 Å². The smallest absolute Gasteiger partial charge is 0.426 e.